The summed E-state index contributed by atoms with van der Waals surface area (Å²) in [5.74, 6) is -0.564. The molecule has 1 aromatic rings. The second-order valence-corrected chi connectivity index (χ2v) is 7.03. The van der Waals surface area contributed by atoms with Crippen molar-refractivity contribution in [2.45, 2.75) is 32.2 Å². The molecule has 2 rings (SSSR count). The van der Waals surface area contributed by atoms with Crippen LogP contribution in [0.25, 0.3) is 0 Å². The third-order valence-corrected chi connectivity index (χ3v) is 5.26. The lowest BCUT2D eigenvalue weighted by atomic mass is 10.1. The maximum absolute atomic E-state index is 13.8. The van der Waals surface area contributed by atoms with Crippen molar-refractivity contribution < 1.29 is 12.8 Å². The van der Waals surface area contributed by atoms with E-state index in [1.807, 2.05) is 0 Å². The van der Waals surface area contributed by atoms with Crippen LogP contribution in [-0.2, 0) is 10.2 Å². The van der Waals surface area contributed by atoms with Gasteiger partial charge in [-0.3, -0.25) is 4.72 Å². The SMILES string of the molecule is CNCC1CCCCN1S(=O)(=O)Nc1cc(C)ccc1F. The number of benzene rings is 1. The van der Waals surface area contributed by atoms with Crippen molar-refractivity contribution in [3.05, 3.63) is 29.6 Å². The highest BCUT2D eigenvalue weighted by molar-refractivity contribution is 7.90. The summed E-state index contributed by atoms with van der Waals surface area (Å²) in [6.07, 6.45) is 2.66. The van der Waals surface area contributed by atoms with E-state index >= 15 is 0 Å². The maximum Gasteiger partial charge on any atom is 0.302 e. The van der Waals surface area contributed by atoms with Crippen LogP contribution in [0.2, 0.25) is 0 Å². The quantitative estimate of drug-likeness (QED) is 0.872. The first-order chi connectivity index (χ1) is 9.94. The molecule has 21 heavy (non-hydrogen) atoms. The Morgan fingerprint density at radius 3 is 2.86 bits per heavy atom. The summed E-state index contributed by atoms with van der Waals surface area (Å²) in [7, 11) is -1.95. The number of hydrogen-bond acceptors (Lipinski definition) is 3. The molecule has 1 fully saturated rings. The Morgan fingerprint density at radius 2 is 2.14 bits per heavy atom. The molecular weight excluding hydrogens is 293 g/mol. The summed E-state index contributed by atoms with van der Waals surface area (Å²) in [6.45, 7) is 2.86. The monoisotopic (exact) mass is 315 g/mol. The van der Waals surface area contributed by atoms with Gasteiger partial charge in [0.1, 0.15) is 5.82 Å². The van der Waals surface area contributed by atoms with E-state index in [9.17, 15) is 12.8 Å². The number of halogens is 1. The van der Waals surface area contributed by atoms with Gasteiger partial charge < -0.3 is 5.32 Å². The van der Waals surface area contributed by atoms with Gasteiger partial charge in [0.15, 0.2) is 0 Å². The lowest BCUT2D eigenvalue weighted by molar-refractivity contribution is 0.250. The Bertz CT molecular complexity index is 590. The minimum Gasteiger partial charge on any atom is -0.318 e. The Balaban J connectivity index is 2.22. The van der Waals surface area contributed by atoms with Crippen LogP contribution in [0.4, 0.5) is 10.1 Å². The molecule has 118 valence electrons. The molecule has 0 radical (unpaired) electrons. The van der Waals surface area contributed by atoms with Crippen molar-refractivity contribution in [2.75, 3.05) is 24.9 Å². The molecule has 0 amide bonds. The number of aryl methyl sites for hydroxylation is 1. The van der Waals surface area contributed by atoms with E-state index in [4.69, 9.17) is 0 Å². The fraction of sp³-hybridized carbons (Fsp3) is 0.571. The number of rotatable bonds is 5. The lowest BCUT2D eigenvalue weighted by Gasteiger charge is -2.34. The maximum atomic E-state index is 13.8. The molecule has 1 saturated heterocycles. The van der Waals surface area contributed by atoms with Gasteiger partial charge in [-0.25, -0.2) is 4.39 Å². The van der Waals surface area contributed by atoms with Crippen LogP contribution in [-0.4, -0.2) is 38.9 Å². The van der Waals surface area contributed by atoms with Gasteiger partial charge in [-0.15, -0.1) is 0 Å². The molecule has 0 saturated carbocycles. The molecule has 1 aliphatic heterocycles. The zero-order valence-corrected chi connectivity index (χ0v) is 13.2. The Morgan fingerprint density at radius 1 is 1.38 bits per heavy atom. The summed E-state index contributed by atoms with van der Waals surface area (Å²) < 4.78 is 42.6. The number of nitrogens with one attached hydrogen (secondary N) is 2. The average molecular weight is 315 g/mol. The molecule has 0 bridgehead atoms. The molecule has 5 nitrogen and oxygen atoms in total. The van der Waals surface area contributed by atoms with E-state index < -0.39 is 16.0 Å². The number of hydrogen-bond donors (Lipinski definition) is 2. The third kappa shape index (κ3) is 3.93. The van der Waals surface area contributed by atoms with E-state index in [0.29, 0.717) is 13.1 Å². The van der Waals surface area contributed by atoms with Crippen LogP contribution in [0, 0.1) is 12.7 Å². The van der Waals surface area contributed by atoms with Gasteiger partial charge in [0.2, 0.25) is 0 Å². The van der Waals surface area contributed by atoms with Crippen molar-refractivity contribution in [3.63, 3.8) is 0 Å². The van der Waals surface area contributed by atoms with Gasteiger partial charge in [-0.1, -0.05) is 12.5 Å². The molecule has 0 aromatic heterocycles. The van der Waals surface area contributed by atoms with Gasteiger partial charge >= 0.3 is 10.2 Å². The fourth-order valence-corrected chi connectivity index (χ4v) is 4.14. The van der Waals surface area contributed by atoms with Gasteiger partial charge in [0.05, 0.1) is 5.69 Å². The van der Waals surface area contributed by atoms with E-state index in [1.165, 1.54) is 16.4 Å². The zero-order valence-electron chi connectivity index (χ0n) is 12.4. The van der Waals surface area contributed by atoms with Crippen LogP contribution < -0.4 is 10.0 Å². The van der Waals surface area contributed by atoms with Gasteiger partial charge in [0, 0.05) is 19.1 Å². The highest BCUT2D eigenvalue weighted by Crippen LogP contribution is 2.23. The predicted octanol–water partition coefficient (Wildman–Crippen LogP) is 1.86. The first-order valence-electron chi connectivity index (χ1n) is 7.14. The molecule has 7 heteroatoms. The van der Waals surface area contributed by atoms with Gasteiger partial charge in [-0.05, 0) is 44.5 Å². The van der Waals surface area contributed by atoms with Crippen molar-refractivity contribution in [2.24, 2.45) is 0 Å². The van der Waals surface area contributed by atoms with Crippen molar-refractivity contribution in [1.82, 2.24) is 9.62 Å². The lowest BCUT2D eigenvalue weighted by Crippen LogP contribution is -2.50. The summed E-state index contributed by atoms with van der Waals surface area (Å²) >= 11 is 0. The summed E-state index contributed by atoms with van der Waals surface area (Å²) in [5, 5.41) is 3.02. The predicted molar refractivity (Wildman–Crippen MR) is 82.0 cm³/mol. The zero-order chi connectivity index (χ0) is 15.5. The molecular formula is C14H22FN3O2S. The van der Waals surface area contributed by atoms with E-state index in [-0.39, 0.29) is 11.7 Å². The molecule has 1 atom stereocenters. The highest BCUT2D eigenvalue weighted by atomic mass is 32.2. The Kier molecular flexibility index (Phi) is 5.18. The van der Waals surface area contributed by atoms with Crippen LogP contribution in [0.1, 0.15) is 24.8 Å². The van der Waals surface area contributed by atoms with Gasteiger partial charge in [0.25, 0.3) is 0 Å². The van der Waals surface area contributed by atoms with Crippen molar-refractivity contribution >= 4 is 15.9 Å². The van der Waals surface area contributed by atoms with Crippen LogP contribution in [0.15, 0.2) is 18.2 Å². The highest BCUT2D eigenvalue weighted by Gasteiger charge is 2.32. The third-order valence-electron chi connectivity index (χ3n) is 3.68. The Hall–Kier alpha value is -1.18. The van der Waals surface area contributed by atoms with Crippen LogP contribution >= 0.6 is 0 Å². The smallest absolute Gasteiger partial charge is 0.302 e. The number of anilines is 1. The first kappa shape index (κ1) is 16.2. The van der Waals surface area contributed by atoms with E-state index in [0.717, 1.165) is 24.8 Å². The molecule has 1 aromatic carbocycles. The summed E-state index contributed by atoms with van der Waals surface area (Å²) in [6, 6.07) is 4.30. The second kappa shape index (κ2) is 6.72. The van der Waals surface area contributed by atoms with Crippen molar-refractivity contribution in [3.8, 4) is 0 Å². The van der Waals surface area contributed by atoms with E-state index in [2.05, 4.69) is 10.0 Å². The molecule has 2 N–H and O–H groups in total. The Labute approximate surface area is 125 Å². The first-order valence-corrected chi connectivity index (χ1v) is 8.58. The molecule has 1 heterocycles. The number of likely N-dealkylation sites (N-methyl/N-ethyl adjacent to an activating group) is 1. The average Bonchev–Trinajstić information content (AvgIpc) is 2.43. The minimum absolute atomic E-state index is 0.00350. The molecule has 0 spiro atoms. The van der Waals surface area contributed by atoms with Crippen LogP contribution in [0.5, 0.6) is 0 Å². The fourth-order valence-electron chi connectivity index (χ4n) is 2.65. The standard InChI is InChI=1S/C14H22FN3O2S/c1-11-6-7-13(15)14(9-11)17-21(19,20)18-8-4-3-5-12(18)10-16-2/h6-7,9,12,16-17H,3-5,8,10H2,1-2H3. The van der Waals surface area contributed by atoms with Crippen molar-refractivity contribution in [1.29, 1.82) is 0 Å². The number of piperidine rings is 1. The second-order valence-electron chi connectivity index (χ2n) is 5.41. The summed E-state index contributed by atoms with van der Waals surface area (Å²) in [5.41, 5.74) is 0.809. The van der Waals surface area contributed by atoms with Crippen LogP contribution in [0.3, 0.4) is 0 Å². The normalized spacial score (nSPS) is 20.4. The van der Waals surface area contributed by atoms with Gasteiger partial charge in [-0.2, -0.15) is 12.7 Å². The molecule has 0 aliphatic carbocycles. The molecule has 1 unspecified atom stereocenters. The van der Waals surface area contributed by atoms with E-state index in [1.54, 1.807) is 20.0 Å². The minimum atomic E-state index is -3.74. The number of nitrogens with zero attached hydrogens (tertiary/aromatic N) is 1. The molecule has 1 aliphatic rings. The topological polar surface area (TPSA) is 61.4 Å². The largest absolute Gasteiger partial charge is 0.318 e. The summed E-state index contributed by atoms with van der Waals surface area (Å²) in [4.78, 5) is 0.